The van der Waals surface area contributed by atoms with Crippen molar-refractivity contribution in [2.45, 2.75) is 32.7 Å². The molecule has 0 radical (unpaired) electrons. The van der Waals surface area contributed by atoms with E-state index in [2.05, 4.69) is 62.7 Å². The second-order valence-corrected chi connectivity index (χ2v) is 15.1. The molecule has 0 atom stereocenters. The molecule has 0 rings (SSSR count). The lowest BCUT2D eigenvalue weighted by Gasteiger charge is -2.45. The van der Waals surface area contributed by atoms with Gasteiger partial charge in [-0.15, -0.1) is 0 Å². The SMILES string of the molecule is CN(C)[Si](C)(C)N(C)[Si](C)(C)C. The Balaban J connectivity index is 4.57. The maximum atomic E-state index is 2.65. The molecule has 0 aromatic rings. The molecule has 12 heavy (non-hydrogen) atoms. The molecule has 0 saturated heterocycles. The average molecular weight is 204 g/mol. The van der Waals surface area contributed by atoms with Crippen molar-refractivity contribution in [1.29, 1.82) is 0 Å². The van der Waals surface area contributed by atoms with Gasteiger partial charge in [0, 0.05) is 0 Å². The number of hydrogen-bond acceptors (Lipinski definition) is 2. The average Bonchev–Trinajstić information content (AvgIpc) is 1.83. The summed E-state index contributed by atoms with van der Waals surface area (Å²) in [6, 6.07) is 0. The van der Waals surface area contributed by atoms with Gasteiger partial charge in [-0.2, -0.15) is 0 Å². The summed E-state index contributed by atoms with van der Waals surface area (Å²) in [5.74, 6) is 0. The van der Waals surface area contributed by atoms with Crippen LogP contribution in [-0.4, -0.2) is 46.6 Å². The van der Waals surface area contributed by atoms with Gasteiger partial charge in [-0.05, 0) is 34.2 Å². The molecule has 2 nitrogen and oxygen atoms in total. The predicted octanol–water partition coefficient (Wildman–Crippen LogP) is 2.02. The topological polar surface area (TPSA) is 6.48 Å². The Kier molecular flexibility index (Phi) is 3.72. The van der Waals surface area contributed by atoms with E-state index in [1.54, 1.807) is 0 Å². The zero-order valence-corrected chi connectivity index (χ0v) is 11.9. The quantitative estimate of drug-likeness (QED) is 0.649. The van der Waals surface area contributed by atoms with Crippen LogP contribution in [0.15, 0.2) is 0 Å². The van der Waals surface area contributed by atoms with Crippen molar-refractivity contribution in [3.63, 3.8) is 0 Å². The molecule has 0 bridgehead atoms. The van der Waals surface area contributed by atoms with Crippen LogP contribution in [0.1, 0.15) is 0 Å². The molecule has 0 heterocycles. The standard InChI is InChI=1S/C8H24N2Si2/c1-9(2)12(7,8)10(3)11(4,5)6/h1-8H3. The van der Waals surface area contributed by atoms with E-state index in [0.29, 0.717) is 0 Å². The first kappa shape index (κ1) is 12.4. The van der Waals surface area contributed by atoms with Crippen LogP contribution >= 0.6 is 0 Å². The summed E-state index contributed by atoms with van der Waals surface area (Å²) in [6.07, 6.45) is 0. The van der Waals surface area contributed by atoms with Crippen molar-refractivity contribution in [1.82, 2.24) is 8.80 Å². The third-order valence-corrected chi connectivity index (χ3v) is 12.4. The Morgan fingerprint density at radius 3 is 1.17 bits per heavy atom. The Bertz CT molecular complexity index is 150. The second-order valence-electron chi connectivity index (χ2n) is 5.12. The van der Waals surface area contributed by atoms with Crippen LogP contribution in [0.25, 0.3) is 0 Å². The van der Waals surface area contributed by atoms with Crippen molar-refractivity contribution in [3.05, 3.63) is 0 Å². The normalized spacial score (nSPS) is 14.5. The van der Waals surface area contributed by atoms with Gasteiger partial charge in [0.25, 0.3) is 0 Å². The van der Waals surface area contributed by atoms with Crippen molar-refractivity contribution in [2.75, 3.05) is 21.1 Å². The highest BCUT2D eigenvalue weighted by Crippen LogP contribution is 2.18. The van der Waals surface area contributed by atoms with Crippen molar-refractivity contribution >= 4 is 16.6 Å². The molecule has 0 unspecified atom stereocenters. The van der Waals surface area contributed by atoms with Gasteiger partial charge in [0.15, 0.2) is 8.40 Å². The van der Waals surface area contributed by atoms with Crippen molar-refractivity contribution < 1.29 is 0 Å². The van der Waals surface area contributed by atoms with Gasteiger partial charge < -0.3 is 8.80 Å². The maximum absolute atomic E-state index is 2.65. The van der Waals surface area contributed by atoms with E-state index in [1.165, 1.54) is 0 Å². The summed E-state index contributed by atoms with van der Waals surface area (Å²) in [5.41, 5.74) is 0. The minimum absolute atomic E-state index is 1.11. The molecule has 0 fully saturated rings. The number of rotatable bonds is 3. The maximum Gasteiger partial charge on any atom is 0.193 e. The molecule has 0 saturated carbocycles. The molecular weight excluding hydrogens is 180 g/mol. The predicted molar refractivity (Wildman–Crippen MR) is 62.3 cm³/mol. The monoisotopic (exact) mass is 204 g/mol. The van der Waals surface area contributed by atoms with Gasteiger partial charge in [-0.25, -0.2) is 0 Å². The first-order valence-electron chi connectivity index (χ1n) is 4.51. The molecule has 0 amide bonds. The van der Waals surface area contributed by atoms with Gasteiger partial charge in [0.2, 0.25) is 0 Å². The molecule has 0 aromatic carbocycles. The summed E-state index contributed by atoms with van der Waals surface area (Å²) in [4.78, 5) is 0. The van der Waals surface area contributed by atoms with Crippen molar-refractivity contribution in [2.24, 2.45) is 0 Å². The van der Waals surface area contributed by atoms with Crippen LogP contribution in [-0.2, 0) is 0 Å². The van der Waals surface area contributed by atoms with E-state index in [0.717, 1.165) is 0 Å². The lowest BCUT2D eigenvalue weighted by molar-refractivity contribution is 0.544. The van der Waals surface area contributed by atoms with E-state index in [1.807, 2.05) is 0 Å². The van der Waals surface area contributed by atoms with Crippen LogP contribution in [0.5, 0.6) is 0 Å². The zero-order chi connectivity index (χ0) is 10.2. The number of nitrogens with zero attached hydrogens (tertiary/aromatic N) is 2. The Labute approximate surface area is 79.8 Å². The van der Waals surface area contributed by atoms with Gasteiger partial charge in [-0.3, -0.25) is 0 Å². The molecule has 0 aliphatic rings. The van der Waals surface area contributed by atoms with E-state index >= 15 is 0 Å². The molecule has 0 aliphatic carbocycles. The lowest BCUT2D eigenvalue weighted by atomic mass is 11.3. The van der Waals surface area contributed by atoms with E-state index in [9.17, 15) is 0 Å². The van der Waals surface area contributed by atoms with Crippen LogP contribution in [0.4, 0.5) is 0 Å². The van der Waals surface area contributed by atoms with Gasteiger partial charge in [0.1, 0.15) is 8.24 Å². The van der Waals surface area contributed by atoms with Gasteiger partial charge in [0.05, 0.1) is 0 Å². The fraction of sp³-hybridized carbons (Fsp3) is 1.00. The van der Waals surface area contributed by atoms with Crippen LogP contribution in [0.3, 0.4) is 0 Å². The highest BCUT2D eigenvalue weighted by atomic mass is 28.4. The summed E-state index contributed by atoms with van der Waals surface area (Å²) in [6.45, 7) is 12.0. The molecule has 4 heteroatoms. The summed E-state index contributed by atoms with van der Waals surface area (Å²) >= 11 is 0. The van der Waals surface area contributed by atoms with E-state index in [-0.39, 0.29) is 0 Å². The van der Waals surface area contributed by atoms with Crippen LogP contribution < -0.4 is 0 Å². The van der Waals surface area contributed by atoms with E-state index < -0.39 is 16.6 Å². The molecule has 0 N–H and O–H groups in total. The molecule has 74 valence electrons. The first-order chi connectivity index (χ1) is 5.10. The summed E-state index contributed by atoms with van der Waals surface area (Å²) < 4.78 is 5.06. The first-order valence-corrected chi connectivity index (χ1v) is 10.9. The van der Waals surface area contributed by atoms with Gasteiger partial charge in [-0.1, -0.05) is 19.6 Å². The highest BCUT2D eigenvalue weighted by Gasteiger charge is 2.36. The number of hydrogen-bond donors (Lipinski definition) is 0. The smallest absolute Gasteiger partial charge is 0.193 e. The van der Waals surface area contributed by atoms with Crippen molar-refractivity contribution in [3.8, 4) is 0 Å². The van der Waals surface area contributed by atoms with Crippen LogP contribution in [0.2, 0.25) is 32.7 Å². The van der Waals surface area contributed by atoms with Crippen LogP contribution in [0, 0.1) is 0 Å². The third-order valence-electron chi connectivity index (χ3n) is 2.92. The molecular formula is C8H24N2Si2. The Hall–Kier alpha value is 0.354. The Morgan fingerprint density at radius 1 is 0.750 bits per heavy atom. The molecule has 0 aliphatic heterocycles. The summed E-state index contributed by atoms with van der Waals surface area (Å²) in [5, 5.41) is 0. The fourth-order valence-corrected chi connectivity index (χ4v) is 8.89. The molecule has 0 aromatic heterocycles. The lowest BCUT2D eigenvalue weighted by Crippen LogP contribution is -2.65. The minimum atomic E-state index is -1.29. The van der Waals surface area contributed by atoms with E-state index in [4.69, 9.17) is 0 Å². The second kappa shape index (κ2) is 3.61. The zero-order valence-electron chi connectivity index (χ0n) is 9.89. The fourth-order valence-electron chi connectivity index (χ4n) is 1.12. The third kappa shape index (κ3) is 2.69. The minimum Gasteiger partial charge on any atom is -0.336 e. The Morgan fingerprint density at radius 2 is 1.08 bits per heavy atom. The molecule has 0 spiro atoms. The summed E-state index contributed by atoms with van der Waals surface area (Å²) in [7, 11) is 4.29. The largest absolute Gasteiger partial charge is 0.336 e. The van der Waals surface area contributed by atoms with Gasteiger partial charge >= 0.3 is 0 Å². The highest BCUT2D eigenvalue weighted by molar-refractivity contribution is 6.88.